The first-order valence-electron chi connectivity index (χ1n) is 9.20. The molecule has 2 aromatic rings. The SMILES string of the molecule is CCO[C@]1(C)C(O)=CC1N1C(=O)O[C@@H](c2ccccc2)[C@H]1c1ccccc1. The quantitative estimate of drug-likeness (QED) is 0.845. The molecule has 0 spiro atoms. The summed E-state index contributed by atoms with van der Waals surface area (Å²) in [5.41, 5.74) is 0.996. The van der Waals surface area contributed by atoms with E-state index in [0.717, 1.165) is 11.1 Å². The highest BCUT2D eigenvalue weighted by Gasteiger charge is 2.57. The Labute approximate surface area is 158 Å². The van der Waals surface area contributed by atoms with E-state index in [-0.39, 0.29) is 11.8 Å². The zero-order valence-corrected chi connectivity index (χ0v) is 15.4. The van der Waals surface area contributed by atoms with Gasteiger partial charge in [-0.1, -0.05) is 60.7 Å². The molecule has 0 bridgehead atoms. The molecule has 0 radical (unpaired) electrons. The van der Waals surface area contributed by atoms with Crippen LogP contribution >= 0.6 is 0 Å². The molecule has 2 aromatic carbocycles. The van der Waals surface area contributed by atoms with Gasteiger partial charge in [0.15, 0.2) is 6.10 Å². The van der Waals surface area contributed by atoms with Crippen LogP contribution < -0.4 is 0 Å². The zero-order chi connectivity index (χ0) is 19.0. The number of hydrogen-bond acceptors (Lipinski definition) is 4. The molecule has 4 atom stereocenters. The number of carbonyl (C=O) groups excluding carboxylic acids is 1. The monoisotopic (exact) mass is 365 g/mol. The first-order valence-corrected chi connectivity index (χ1v) is 9.20. The van der Waals surface area contributed by atoms with Gasteiger partial charge in [-0.15, -0.1) is 0 Å². The van der Waals surface area contributed by atoms with Crippen molar-refractivity contribution in [2.75, 3.05) is 6.61 Å². The van der Waals surface area contributed by atoms with E-state index in [1.54, 1.807) is 11.0 Å². The summed E-state index contributed by atoms with van der Waals surface area (Å²) in [4.78, 5) is 14.6. The van der Waals surface area contributed by atoms with Crippen molar-refractivity contribution in [2.45, 2.75) is 37.6 Å². The standard InChI is InChI=1S/C22H23NO4/c1-3-26-22(2)17(14-18(22)24)23-19(15-10-6-4-7-11-15)20(27-21(23)25)16-12-8-5-9-13-16/h4-14,17,19-20,24H,3H2,1-2H3/t17?,19-,20+,22+/m1/s1. The maximum atomic E-state index is 12.9. The van der Waals surface area contributed by atoms with Gasteiger partial charge in [0, 0.05) is 6.61 Å². The van der Waals surface area contributed by atoms with Gasteiger partial charge >= 0.3 is 6.09 Å². The van der Waals surface area contributed by atoms with Crippen molar-refractivity contribution in [2.24, 2.45) is 0 Å². The minimum Gasteiger partial charge on any atom is -0.509 e. The molecule has 1 heterocycles. The van der Waals surface area contributed by atoms with E-state index < -0.39 is 23.8 Å². The number of nitrogens with zero attached hydrogens (tertiary/aromatic N) is 1. The van der Waals surface area contributed by atoms with Gasteiger partial charge in [-0.3, -0.25) is 4.90 Å². The van der Waals surface area contributed by atoms with E-state index in [1.165, 1.54) is 0 Å². The Morgan fingerprint density at radius 1 is 1.07 bits per heavy atom. The molecule has 140 valence electrons. The fourth-order valence-electron chi connectivity index (χ4n) is 3.99. The van der Waals surface area contributed by atoms with E-state index in [2.05, 4.69) is 0 Å². The summed E-state index contributed by atoms with van der Waals surface area (Å²) < 4.78 is 11.6. The molecule has 1 aliphatic heterocycles. The summed E-state index contributed by atoms with van der Waals surface area (Å²) >= 11 is 0. The number of ether oxygens (including phenoxy) is 2. The summed E-state index contributed by atoms with van der Waals surface area (Å²) in [6, 6.07) is 18.9. The molecule has 1 amide bonds. The van der Waals surface area contributed by atoms with Crippen LogP contribution in [0.15, 0.2) is 72.5 Å². The molecule has 5 nitrogen and oxygen atoms in total. The third-order valence-electron chi connectivity index (χ3n) is 5.43. The van der Waals surface area contributed by atoms with Gasteiger partial charge in [0.2, 0.25) is 0 Å². The molecular formula is C22H23NO4. The average molecular weight is 365 g/mol. The highest BCUT2D eigenvalue weighted by molar-refractivity contribution is 5.73. The minimum absolute atomic E-state index is 0.150. The molecule has 5 heteroatoms. The van der Waals surface area contributed by atoms with Crippen molar-refractivity contribution in [1.29, 1.82) is 0 Å². The van der Waals surface area contributed by atoms with Crippen LogP contribution in [0.4, 0.5) is 4.79 Å². The Morgan fingerprint density at radius 2 is 1.67 bits per heavy atom. The average Bonchev–Trinajstić information content (AvgIpc) is 3.04. The summed E-state index contributed by atoms with van der Waals surface area (Å²) in [5.74, 6) is 0.150. The molecule has 0 saturated carbocycles. The highest BCUT2D eigenvalue weighted by atomic mass is 16.6. The Hall–Kier alpha value is -2.79. The lowest BCUT2D eigenvalue weighted by Gasteiger charge is -2.47. The topological polar surface area (TPSA) is 59.0 Å². The normalized spacial score (nSPS) is 29.9. The molecule has 1 fully saturated rings. The number of rotatable bonds is 5. The third-order valence-corrected chi connectivity index (χ3v) is 5.43. The van der Waals surface area contributed by atoms with E-state index in [4.69, 9.17) is 9.47 Å². The molecule has 1 N–H and O–H groups in total. The fraction of sp³-hybridized carbons (Fsp3) is 0.318. The number of amides is 1. The predicted octanol–water partition coefficient (Wildman–Crippen LogP) is 4.54. The largest absolute Gasteiger partial charge is 0.509 e. The van der Waals surface area contributed by atoms with Crippen molar-refractivity contribution in [3.8, 4) is 0 Å². The zero-order valence-electron chi connectivity index (χ0n) is 15.4. The fourth-order valence-corrected chi connectivity index (χ4v) is 3.99. The number of benzene rings is 2. The van der Waals surface area contributed by atoms with E-state index in [9.17, 15) is 9.90 Å². The number of cyclic esters (lactones) is 1. The second-order valence-electron chi connectivity index (χ2n) is 7.01. The molecular weight excluding hydrogens is 342 g/mol. The Morgan fingerprint density at radius 3 is 2.22 bits per heavy atom. The van der Waals surface area contributed by atoms with Crippen molar-refractivity contribution in [3.05, 3.63) is 83.6 Å². The van der Waals surface area contributed by atoms with Gasteiger partial charge in [-0.05, 0) is 31.1 Å². The van der Waals surface area contributed by atoms with Crippen LogP contribution in [0.5, 0.6) is 0 Å². The van der Waals surface area contributed by atoms with Crippen LogP contribution in [0, 0.1) is 0 Å². The van der Waals surface area contributed by atoms with Crippen LogP contribution in [-0.2, 0) is 9.47 Å². The van der Waals surface area contributed by atoms with Crippen molar-refractivity contribution in [1.82, 2.24) is 4.90 Å². The maximum Gasteiger partial charge on any atom is 0.411 e. The molecule has 27 heavy (non-hydrogen) atoms. The van der Waals surface area contributed by atoms with Gasteiger partial charge in [-0.2, -0.15) is 0 Å². The molecule has 0 aromatic heterocycles. The van der Waals surface area contributed by atoms with Crippen LogP contribution in [0.25, 0.3) is 0 Å². The smallest absolute Gasteiger partial charge is 0.411 e. The molecule has 1 saturated heterocycles. The Balaban J connectivity index is 1.77. The van der Waals surface area contributed by atoms with Crippen molar-refractivity contribution < 1.29 is 19.4 Å². The van der Waals surface area contributed by atoms with Crippen LogP contribution in [0.2, 0.25) is 0 Å². The molecule has 4 rings (SSSR count). The predicted molar refractivity (Wildman–Crippen MR) is 101 cm³/mol. The summed E-state index contributed by atoms with van der Waals surface area (Å²) in [5, 5.41) is 10.2. The van der Waals surface area contributed by atoms with Crippen molar-refractivity contribution >= 4 is 6.09 Å². The summed E-state index contributed by atoms with van der Waals surface area (Å²) in [6.07, 6.45) is 0.834. The van der Waals surface area contributed by atoms with Crippen LogP contribution in [0.1, 0.15) is 37.1 Å². The van der Waals surface area contributed by atoms with Gasteiger partial charge in [0.1, 0.15) is 17.4 Å². The van der Waals surface area contributed by atoms with Gasteiger partial charge in [0.25, 0.3) is 0 Å². The van der Waals surface area contributed by atoms with Crippen molar-refractivity contribution in [3.63, 3.8) is 0 Å². The van der Waals surface area contributed by atoms with E-state index in [0.29, 0.717) is 6.61 Å². The van der Waals surface area contributed by atoms with Crippen LogP contribution in [0.3, 0.4) is 0 Å². The lowest BCUT2D eigenvalue weighted by atomic mass is 9.80. The summed E-state index contributed by atoms with van der Waals surface area (Å²) in [6.45, 7) is 4.12. The molecule has 1 unspecified atom stereocenters. The van der Waals surface area contributed by atoms with Gasteiger partial charge < -0.3 is 14.6 Å². The number of hydrogen-bond donors (Lipinski definition) is 1. The van der Waals surface area contributed by atoms with Gasteiger partial charge in [-0.25, -0.2) is 4.79 Å². The first kappa shape index (κ1) is 17.6. The number of aliphatic hydroxyl groups excluding tert-OH is 1. The molecule has 2 aliphatic rings. The Kier molecular flexibility index (Phi) is 4.40. The lowest BCUT2D eigenvalue weighted by molar-refractivity contribution is -0.0871. The van der Waals surface area contributed by atoms with E-state index >= 15 is 0 Å². The van der Waals surface area contributed by atoms with Crippen LogP contribution in [-0.4, -0.2) is 34.3 Å². The highest BCUT2D eigenvalue weighted by Crippen LogP contribution is 2.49. The van der Waals surface area contributed by atoms with Gasteiger partial charge in [0.05, 0.1) is 6.04 Å². The number of carbonyl (C=O) groups is 1. The third kappa shape index (κ3) is 2.79. The maximum absolute atomic E-state index is 12.9. The van der Waals surface area contributed by atoms with E-state index in [1.807, 2.05) is 74.5 Å². The summed E-state index contributed by atoms with van der Waals surface area (Å²) in [7, 11) is 0. The minimum atomic E-state index is -0.924. The second kappa shape index (κ2) is 6.74. The number of aliphatic hydroxyl groups is 1. The second-order valence-corrected chi connectivity index (χ2v) is 7.01. The Bertz CT molecular complexity index is 851. The lowest BCUT2D eigenvalue weighted by Crippen LogP contribution is -2.59. The molecule has 1 aliphatic carbocycles. The first-order chi connectivity index (χ1) is 13.1.